The number of halogens is 3. The zero-order chi connectivity index (χ0) is 13.2. The van der Waals surface area contributed by atoms with Crippen molar-refractivity contribution in [2.24, 2.45) is 5.73 Å². The first-order chi connectivity index (χ1) is 7.88. The van der Waals surface area contributed by atoms with Gasteiger partial charge < -0.3 is 15.6 Å². The molecule has 0 radical (unpaired) electrons. The largest absolute Gasteiger partial charge is 0.495 e. The summed E-state index contributed by atoms with van der Waals surface area (Å²) in [6.07, 6.45) is -0.525. The number of carboxylic acid groups (broad SMARTS) is 1. The van der Waals surface area contributed by atoms with Gasteiger partial charge in [-0.1, -0.05) is 0 Å². The van der Waals surface area contributed by atoms with Gasteiger partial charge in [-0.25, -0.2) is 8.78 Å². The molecule has 1 aromatic rings. The molecule has 1 aromatic carbocycles. The van der Waals surface area contributed by atoms with Gasteiger partial charge in [0.1, 0.15) is 5.75 Å². The minimum atomic E-state index is -1.21. The molecule has 7 heteroatoms. The average Bonchev–Trinajstić information content (AvgIpc) is 2.21. The smallest absolute Gasteiger partial charge is 0.305 e. The summed E-state index contributed by atoms with van der Waals surface area (Å²) in [4.78, 5) is 10.5. The van der Waals surface area contributed by atoms with Crippen molar-refractivity contribution in [3.8, 4) is 5.75 Å². The molecule has 1 atom stereocenters. The predicted molar refractivity (Wildman–Crippen MR) is 59.8 cm³/mol. The number of benzene rings is 1. The molecule has 0 aliphatic heterocycles. The fourth-order valence-corrected chi connectivity index (χ4v) is 2.00. The van der Waals surface area contributed by atoms with Crippen molar-refractivity contribution in [2.75, 3.05) is 7.11 Å². The van der Waals surface area contributed by atoms with Crippen LogP contribution in [-0.2, 0) is 4.79 Å². The molecule has 0 aliphatic carbocycles. The van der Waals surface area contributed by atoms with Crippen LogP contribution in [0.15, 0.2) is 10.5 Å². The Morgan fingerprint density at radius 2 is 2.24 bits per heavy atom. The first-order valence-corrected chi connectivity index (χ1v) is 5.36. The molecule has 1 unspecified atom stereocenters. The Bertz CT molecular complexity index is 454. The number of ether oxygens (including phenoxy) is 1. The van der Waals surface area contributed by atoms with Crippen LogP contribution in [0.25, 0.3) is 0 Å². The monoisotopic (exact) mass is 309 g/mol. The van der Waals surface area contributed by atoms with E-state index in [1.165, 1.54) is 7.11 Å². The topological polar surface area (TPSA) is 72.5 Å². The van der Waals surface area contributed by atoms with Crippen LogP contribution in [0.4, 0.5) is 8.78 Å². The third-order valence-corrected chi connectivity index (χ3v) is 2.72. The number of rotatable bonds is 4. The summed E-state index contributed by atoms with van der Waals surface area (Å²) < 4.78 is 31.8. The van der Waals surface area contributed by atoms with Gasteiger partial charge in [0.2, 0.25) is 0 Å². The molecule has 0 heterocycles. The lowest BCUT2D eigenvalue weighted by Crippen LogP contribution is -2.18. The molecule has 0 saturated heterocycles. The van der Waals surface area contributed by atoms with Crippen molar-refractivity contribution in [2.45, 2.75) is 12.5 Å². The van der Waals surface area contributed by atoms with Crippen molar-refractivity contribution in [3.63, 3.8) is 0 Å². The first kappa shape index (κ1) is 13.9. The Labute approximate surface area is 104 Å². The second-order valence-corrected chi connectivity index (χ2v) is 4.16. The van der Waals surface area contributed by atoms with Crippen LogP contribution in [0.2, 0.25) is 0 Å². The molecule has 0 spiro atoms. The number of aliphatic carboxylic acids is 1. The molecule has 0 amide bonds. The number of hydrogen-bond acceptors (Lipinski definition) is 3. The molecule has 17 heavy (non-hydrogen) atoms. The average molecular weight is 310 g/mol. The van der Waals surface area contributed by atoms with Crippen molar-refractivity contribution in [1.29, 1.82) is 0 Å². The zero-order valence-electron chi connectivity index (χ0n) is 8.84. The van der Waals surface area contributed by atoms with E-state index in [-0.39, 0.29) is 15.8 Å². The second-order valence-electron chi connectivity index (χ2n) is 3.31. The van der Waals surface area contributed by atoms with Crippen LogP contribution < -0.4 is 10.5 Å². The van der Waals surface area contributed by atoms with E-state index in [4.69, 9.17) is 15.6 Å². The van der Waals surface area contributed by atoms with Gasteiger partial charge in [-0.05, 0) is 22.0 Å². The number of methoxy groups -OCH3 is 1. The van der Waals surface area contributed by atoms with Crippen LogP contribution >= 0.6 is 15.9 Å². The summed E-state index contributed by atoms with van der Waals surface area (Å²) in [6, 6.07) is -0.292. The normalized spacial score (nSPS) is 12.3. The maximum Gasteiger partial charge on any atom is 0.305 e. The standard InChI is InChI=1S/C10H10BrF2NO3/c1-17-10-4(11)2-5(12)9(13)8(10)6(14)3-7(15)16/h2,6H,3,14H2,1H3,(H,15,16). The molecule has 0 bridgehead atoms. The Hall–Kier alpha value is -1.21. The molecule has 0 aliphatic rings. The quantitative estimate of drug-likeness (QED) is 0.836. The van der Waals surface area contributed by atoms with E-state index in [2.05, 4.69) is 15.9 Å². The maximum atomic E-state index is 13.6. The highest BCUT2D eigenvalue weighted by atomic mass is 79.9. The van der Waals surface area contributed by atoms with Crippen LogP contribution in [0.5, 0.6) is 5.75 Å². The molecule has 0 fully saturated rings. The summed E-state index contributed by atoms with van der Waals surface area (Å²) in [5.41, 5.74) is 5.23. The van der Waals surface area contributed by atoms with Crippen LogP contribution in [0, 0.1) is 11.6 Å². The highest BCUT2D eigenvalue weighted by molar-refractivity contribution is 9.10. The van der Waals surface area contributed by atoms with Gasteiger partial charge in [0.15, 0.2) is 11.6 Å². The Morgan fingerprint density at radius 1 is 1.65 bits per heavy atom. The third-order valence-electron chi connectivity index (χ3n) is 2.13. The minimum absolute atomic E-state index is 0.00218. The third kappa shape index (κ3) is 2.92. The van der Waals surface area contributed by atoms with E-state index in [9.17, 15) is 13.6 Å². The Morgan fingerprint density at radius 3 is 2.71 bits per heavy atom. The fraction of sp³-hybridized carbons (Fsp3) is 0.300. The van der Waals surface area contributed by atoms with Crippen molar-refractivity contribution in [3.05, 3.63) is 27.7 Å². The second kappa shape index (κ2) is 5.42. The van der Waals surface area contributed by atoms with E-state index in [1.54, 1.807) is 0 Å². The van der Waals surface area contributed by atoms with Gasteiger partial charge in [-0.2, -0.15) is 0 Å². The molecular formula is C10H10BrF2NO3. The van der Waals surface area contributed by atoms with E-state index < -0.39 is 30.1 Å². The number of hydrogen-bond donors (Lipinski definition) is 2. The lowest BCUT2D eigenvalue weighted by atomic mass is 10.0. The van der Waals surface area contributed by atoms with Crippen LogP contribution in [-0.4, -0.2) is 18.2 Å². The van der Waals surface area contributed by atoms with Gasteiger partial charge >= 0.3 is 5.97 Å². The molecule has 4 nitrogen and oxygen atoms in total. The summed E-state index contributed by atoms with van der Waals surface area (Å²) in [6.45, 7) is 0. The Kier molecular flexibility index (Phi) is 4.41. The summed E-state index contributed by atoms with van der Waals surface area (Å²) >= 11 is 2.99. The fourth-order valence-electron chi connectivity index (χ4n) is 1.43. The molecular weight excluding hydrogens is 300 g/mol. The van der Waals surface area contributed by atoms with Crippen molar-refractivity contribution in [1.82, 2.24) is 0 Å². The zero-order valence-corrected chi connectivity index (χ0v) is 10.4. The highest BCUT2D eigenvalue weighted by Gasteiger charge is 2.24. The predicted octanol–water partition coefficient (Wildman–Crippen LogP) is 2.21. The van der Waals surface area contributed by atoms with Gasteiger partial charge in [-0.3, -0.25) is 4.79 Å². The molecule has 94 valence electrons. The van der Waals surface area contributed by atoms with Gasteiger partial charge in [0.25, 0.3) is 0 Å². The van der Waals surface area contributed by atoms with Crippen LogP contribution in [0.3, 0.4) is 0 Å². The van der Waals surface area contributed by atoms with Gasteiger partial charge in [0.05, 0.1) is 23.6 Å². The molecule has 0 aromatic heterocycles. The lowest BCUT2D eigenvalue weighted by molar-refractivity contribution is -0.137. The van der Waals surface area contributed by atoms with Gasteiger partial charge in [-0.15, -0.1) is 0 Å². The van der Waals surface area contributed by atoms with E-state index in [0.29, 0.717) is 0 Å². The molecule has 3 N–H and O–H groups in total. The van der Waals surface area contributed by atoms with Gasteiger partial charge in [0, 0.05) is 6.04 Å². The maximum absolute atomic E-state index is 13.6. The molecule has 1 rings (SSSR count). The van der Waals surface area contributed by atoms with E-state index in [0.717, 1.165) is 6.07 Å². The molecule has 0 saturated carbocycles. The SMILES string of the molecule is COc1c(Br)cc(F)c(F)c1C(N)CC(=O)O. The summed E-state index contributed by atoms with van der Waals surface area (Å²) in [7, 11) is 1.26. The van der Waals surface area contributed by atoms with Crippen molar-refractivity contribution < 1.29 is 23.4 Å². The first-order valence-electron chi connectivity index (χ1n) is 4.57. The summed E-state index contributed by atoms with van der Waals surface area (Å²) in [5, 5.41) is 8.59. The Balaban J connectivity index is 3.33. The van der Waals surface area contributed by atoms with Crippen molar-refractivity contribution >= 4 is 21.9 Å². The highest BCUT2D eigenvalue weighted by Crippen LogP contribution is 2.36. The number of carboxylic acids is 1. The minimum Gasteiger partial charge on any atom is -0.495 e. The van der Waals surface area contributed by atoms with E-state index in [1.807, 2.05) is 0 Å². The van der Waals surface area contributed by atoms with E-state index >= 15 is 0 Å². The summed E-state index contributed by atoms with van der Waals surface area (Å²) in [5.74, 6) is -3.52. The lowest BCUT2D eigenvalue weighted by Gasteiger charge is -2.16. The number of nitrogens with two attached hydrogens (primary N) is 1. The number of carbonyl (C=O) groups is 1. The van der Waals surface area contributed by atoms with Crippen LogP contribution in [0.1, 0.15) is 18.0 Å².